The average Bonchev–Trinajstić information content (AvgIpc) is 3.25. The number of nitrogens with zero attached hydrogens (tertiary/aromatic N) is 2. The first kappa shape index (κ1) is 23.6. The summed E-state index contributed by atoms with van der Waals surface area (Å²) < 4.78 is 31.9. The van der Waals surface area contributed by atoms with E-state index in [1.807, 2.05) is 12.1 Å². The highest BCUT2D eigenvalue weighted by Gasteiger charge is 2.22. The van der Waals surface area contributed by atoms with Gasteiger partial charge in [-0.25, -0.2) is 13.4 Å². The van der Waals surface area contributed by atoms with Gasteiger partial charge in [0.1, 0.15) is 23.8 Å². The summed E-state index contributed by atoms with van der Waals surface area (Å²) in [6.45, 7) is -0.796. The maximum Gasteiger partial charge on any atom is 0.321 e. The molecule has 0 unspecified atom stereocenters. The Kier molecular flexibility index (Phi) is 7.40. The lowest BCUT2D eigenvalue weighted by molar-refractivity contribution is -0.384. The van der Waals surface area contributed by atoms with Crippen LogP contribution in [0.2, 0.25) is 5.02 Å². The van der Waals surface area contributed by atoms with Crippen molar-refractivity contribution in [1.82, 2.24) is 9.71 Å². The molecule has 0 aliphatic heterocycles. The van der Waals surface area contributed by atoms with Crippen LogP contribution >= 0.6 is 22.9 Å². The maximum atomic E-state index is 12.4. The minimum Gasteiger partial charge on any atom is -0.458 e. The van der Waals surface area contributed by atoms with Crippen molar-refractivity contribution in [2.24, 2.45) is 0 Å². The van der Waals surface area contributed by atoms with E-state index in [0.29, 0.717) is 15.7 Å². The Morgan fingerprint density at radius 2 is 2.03 bits per heavy atom. The summed E-state index contributed by atoms with van der Waals surface area (Å²) in [6.07, 6.45) is 0. The van der Waals surface area contributed by atoms with Crippen LogP contribution in [0.4, 0.5) is 11.4 Å². The summed E-state index contributed by atoms with van der Waals surface area (Å²) in [7, 11) is -2.69. The fraction of sp³-hybridized carbons (Fsp3) is 0.158. The lowest BCUT2D eigenvalue weighted by Gasteiger charge is -2.08. The van der Waals surface area contributed by atoms with E-state index in [0.717, 1.165) is 11.6 Å². The number of nitrogens with one attached hydrogen (secondary N) is 2. The molecule has 3 aromatic rings. The third kappa shape index (κ3) is 5.59. The van der Waals surface area contributed by atoms with Gasteiger partial charge < -0.3 is 10.1 Å². The second kappa shape index (κ2) is 10.0. The predicted octanol–water partition coefficient (Wildman–Crippen LogP) is 3.44. The van der Waals surface area contributed by atoms with Crippen LogP contribution in [0, 0.1) is 10.1 Å². The molecule has 0 bridgehead atoms. The minimum absolute atomic E-state index is 0.149. The number of rotatable bonds is 9. The summed E-state index contributed by atoms with van der Waals surface area (Å²) in [5.74, 6) is -0.831. The topological polar surface area (TPSA) is 141 Å². The highest BCUT2D eigenvalue weighted by molar-refractivity contribution is 7.89. The molecule has 0 fully saturated rings. The van der Waals surface area contributed by atoms with Crippen LogP contribution < -0.4 is 10.0 Å². The molecule has 2 N–H and O–H groups in total. The zero-order valence-corrected chi connectivity index (χ0v) is 19.0. The number of benzene rings is 2. The van der Waals surface area contributed by atoms with Crippen LogP contribution in [-0.2, 0) is 26.2 Å². The molecule has 0 saturated carbocycles. The molecule has 1 aromatic heterocycles. The molecule has 2 aromatic carbocycles. The van der Waals surface area contributed by atoms with E-state index in [9.17, 15) is 23.3 Å². The van der Waals surface area contributed by atoms with Crippen molar-refractivity contribution < 1.29 is 22.9 Å². The molecular weight excluding hydrogens is 480 g/mol. The number of esters is 1. The van der Waals surface area contributed by atoms with E-state index in [-0.39, 0.29) is 17.2 Å². The van der Waals surface area contributed by atoms with Crippen molar-refractivity contribution >= 4 is 50.3 Å². The molecule has 0 saturated heterocycles. The summed E-state index contributed by atoms with van der Waals surface area (Å²) in [5, 5.41) is 16.6. The zero-order valence-electron chi connectivity index (χ0n) is 16.6. The Morgan fingerprint density at radius 1 is 1.28 bits per heavy atom. The molecule has 1 heterocycles. The number of sulfonamides is 1. The molecule has 13 heteroatoms. The Labute approximate surface area is 192 Å². The molecule has 0 atom stereocenters. The highest BCUT2D eigenvalue weighted by atomic mass is 35.5. The van der Waals surface area contributed by atoms with Crippen molar-refractivity contribution in [1.29, 1.82) is 0 Å². The van der Waals surface area contributed by atoms with E-state index >= 15 is 0 Å². The van der Waals surface area contributed by atoms with Crippen LogP contribution in [0.3, 0.4) is 0 Å². The van der Waals surface area contributed by atoms with Crippen LogP contribution in [0.25, 0.3) is 10.6 Å². The molecule has 0 amide bonds. The molecular formula is C19H17ClN4O6S2. The highest BCUT2D eigenvalue weighted by Crippen LogP contribution is 2.30. The number of carbonyl (C=O) groups is 1. The first-order valence-corrected chi connectivity index (χ1v) is 11.8. The van der Waals surface area contributed by atoms with E-state index in [1.54, 1.807) is 17.5 Å². The number of nitro groups is 1. The van der Waals surface area contributed by atoms with Gasteiger partial charge in [0.25, 0.3) is 5.69 Å². The summed E-state index contributed by atoms with van der Waals surface area (Å²) >= 11 is 7.48. The minimum atomic E-state index is -4.17. The first-order chi connectivity index (χ1) is 15.2. The van der Waals surface area contributed by atoms with Gasteiger partial charge in [0, 0.05) is 24.1 Å². The number of thiazole rings is 1. The van der Waals surface area contributed by atoms with E-state index in [4.69, 9.17) is 16.3 Å². The predicted molar refractivity (Wildman–Crippen MR) is 120 cm³/mol. The quantitative estimate of drug-likeness (QED) is 0.261. The molecule has 168 valence electrons. The number of carbonyl (C=O) groups excluding carboxylic acids is 1. The number of nitro benzene ring substituents is 1. The SMILES string of the molecule is CNc1ccc(S(=O)(=O)NCC(=O)OCc2csc(-c3ccccc3Cl)n2)cc1[N+](=O)[O-]. The van der Waals surface area contributed by atoms with Gasteiger partial charge in [-0.1, -0.05) is 29.8 Å². The zero-order chi connectivity index (χ0) is 23.3. The van der Waals surface area contributed by atoms with Gasteiger partial charge in [-0.2, -0.15) is 4.72 Å². The van der Waals surface area contributed by atoms with Gasteiger partial charge in [-0.05, 0) is 18.2 Å². The summed E-state index contributed by atoms with van der Waals surface area (Å²) in [4.78, 5) is 26.4. The van der Waals surface area contributed by atoms with Crippen LogP contribution in [0.15, 0.2) is 52.7 Å². The number of aromatic nitrogens is 1. The lowest BCUT2D eigenvalue weighted by Crippen LogP contribution is -2.30. The van der Waals surface area contributed by atoms with Gasteiger partial charge >= 0.3 is 5.97 Å². The van der Waals surface area contributed by atoms with Gasteiger partial charge in [0.15, 0.2) is 0 Å². The fourth-order valence-electron chi connectivity index (χ4n) is 2.62. The smallest absolute Gasteiger partial charge is 0.321 e. The summed E-state index contributed by atoms with van der Waals surface area (Å²) in [6, 6.07) is 10.6. The molecule has 0 radical (unpaired) electrons. The maximum absolute atomic E-state index is 12.4. The van der Waals surface area contributed by atoms with E-state index in [2.05, 4.69) is 15.0 Å². The number of hydrogen-bond acceptors (Lipinski definition) is 9. The molecule has 32 heavy (non-hydrogen) atoms. The monoisotopic (exact) mass is 496 g/mol. The van der Waals surface area contributed by atoms with Gasteiger partial charge in [-0.3, -0.25) is 14.9 Å². The van der Waals surface area contributed by atoms with E-state index in [1.165, 1.54) is 30.5 Å². The van der Waals surface area contributed by atoms with Crippen molar-refractivity contribution in [2.45, 2.75) is 11.5 Å². The van der Waals surface area contributed by atoms with Gasteiger partial charge in [0.05, 0.1) is 20.5 Å². The molecule has 10 nitrogen and oxygen atoms in total. The van der Waals surface area contributed by atoms with Crippen molar-refractivity contribution in [2.75, 3.05) is 18.9 Å². The van der Waals surface area contributed by atoms with Gasteiger partial charge in [-0.15, -0.1) is 11.3 Å². The largest absolute Gasteiger partial charge is 0.458 e. The van der Waals surface area contributed by atoms with Crippen molar-refractivity contribution in [3.8, 4) is 10.6 Å². The fourth-order valence-corrected chi connectivity index (χ4v) is 4.73. The van der Waals surface area contributed by atoms with Gasteiger partial charge in [0.2, 0.25) is 10.0 Å². The second-order valence-electron chi connectivity index (χ2n) is 6.30. The third-order valence-corrected chi connectivity index (χ3v) is 6.84. The lowest BCUT2D eigenvalue weighted by atomic mass is 10.2. The Morgan fingerprint density at radius 3 is 2.72 bits per heavy atom. The first-order valence-electron chi connectivity index (χ1n) is 9.02. The number of halogens is 1. The van der Waals surface area contributed by atoms with Crippen LogP contribution in [0.1, 0.15) is 5.69 Å². The molecule has 0 aliphatic rings. The molecule has 0 aliphatic carbocycles. The van der Waals surface area contributed by atoms with Crippen LogP contribution in [-0.4, -0.2) is 37.9 Å². The Balaban J connectivity index is 1.59. The Hall–Kier alpha value is -3.06. The normalized spacial score (nSPS) is 11.2. The standard InChI is InChI=1S/C19H17ClN4O6S2/c1-21-16-7-6-13(8-17(16)24(26)27)32(28,29)22-9-18(25)30-10-12-11-31-19(23-12)14-4-2-3-5-15(14)20/h2-8,11,21-22H,9-10H2,1H3. The van der Waals surface area contributed by atoms with Crippen molar-refractivity contribution in [3.63, 3.8) is 0 Å². The second-order valence-corrected chi connectivity index (χ2v) is 9.33. The average molecular weight is 497 g/mol. The van der Waals surface area contributed by atoms with E-state index < -0.39 is 33.1 Å². The Bertz CT molecular complexity index is 1260. The number of hydrogen-bond donors (Lipinski definition) is 2. The molecule has 0 spiro atoms. The number of anilines is 1. The third-order valence-electron chi connectivity index (χ3n) is 4.19. The van der Waals surface area contributed by atoms with Crippen LogP contribution in [0.5, 0.6) is 0 Å². The summed E-state index contributed by atoms with van der Waals surface area (Å²) in [5.41, 5.74) is 0.992. The number of ether oxygens (including phenoxy) is 1. The molecule has 3 rings (SSSR count). The van der Waals surface area contributed by atoms with Crippen molar-refractivity contribution in [3.05, 3.63) is 68.7 Å².